The van der Waals surface area contributed by atoms with Crippen molar-refractivity contribution in [2.45, 2.75) is 24.9 Å². The summed E-state index contributed by atoms with van der Waals surface area (Å²) in [7, 11) is 0. The van der Waals surface area contributed by atoms with Gasteiger partial charge >= 0.3 is 6.03 Å². The van der Waals surface area contributed by atoms with E-state index >= 15 is 0 Å². The average Bonchev–Trinajstić information content (AvgIpc) is 3.25. The van der Waals surface area contributed by atoms with Crippen LogP contribution in [0.1, 0.15) is 24.1 Å². The van der Waals surface area contributed by atoms with Gasteiger partial charge in [-0.2, -0.15) is 0 Å². The Kier molecular flexibility index (Phi) is 4.46. The number of likely N-dealkylation sites (tertiary alicyclic amines) is 1. The standard InChI is InChI=1S/C23H22F2N4O/c24-17-5-3-16(4-6-17)15-26-22(30)28-12-9-23(10-13-28)21-2-1-11-29(21)20-8-7-18(25)14-19(20)27-23/h1-8,11,14,27H,9-10,12-13,15H2,(H,26,30). The molecular formula is C23H22F2N4O. The van der Waals surface area contributed by atoms with Gasteiger partial charge in [-0.25, -0.2) is 13.6 Å². The molecule has 1 spiro atoms. The van der Waals surface area contributed by atoms with E-state index in [1.54, 1.807) is 23.1 Å². The Morgan fingerprint density at radius 3 is 2.53 bits per heavy atom. The fraction of sp³-hybridized carbons (Fsp3) is 0.261. The molecule has 1 fully saturated rings. The number of hydrogen-bond acceptors (Lipinski definition) is 2. The Balaban J connectivity index is 1.28. The van der Waals surface area contributed by atoms with E-state index in [2.05, 4.69) is 21.3 Å². The number of benzene rings is 2. The van der Waals surface area contributed by atoms with Gasteiger partial charge in [0, 0.05) is 31.5 Å². The summed E-state index contributed by atoms with van der Waals surface area (Å²) in [6.07, 6.45) is 3.43. The summed E-state index contributed by atoms with van der Waals surface area (Å²) in [6.45, 7) is 1.52. The number of halogens is 2. The largest absolute Gasteiger partial charge is 0.372 e. The van der Waals surface area contributed by atoms with Gasteiger partial charge in [0.1, 0.15) is 11.6 Å². The Hall–Kier alpha value is -3.35. The Labute approximate surface area is 173 Å². The summed E-state index contributed by atoms with van der Waals surface area (Å²) >= 11 is 0. The van der Waals surface area contributed by atoms with Gasteiger partial charge in [0.15, 0.2) is 0 Å². The zero-order chi connectivity index (χ0) is 20.7. The maximum Gasteiger partial charge on any atom is 0.317 e. The van der Waals surface area contributed by atoms with Crippen molar-refractivity contribution >= 4 is 11.7 Å². The number of fused-ring (bicyclic) bond motifs is 4. The molecule has 2 amide bonds. The third kappa shape index (κ3) is 3.20. The number of aromatic nitrogens is 1. The highest BCUT2D eigenvalue weighted by Crippen LogP contribution is 2.43. The molecule has 1 saturated heterocycles. The van der Waals surface area contributed by atoms with E-state index in [0.717, 1.165) is 35.5 Å². The van der Waals surface area contributed by atoms with Crippen LogP contribution in [0.2, 0.25) is 0 Å². The minimum atomic E-state index is -0.335. The van der Waals surface area contributed by atoms with E-state index in [4.69, 9.17) is 0 Å². The highest BCUT2D eigenvalue weighted by molar-refractivity contribution is 5.74. The van der Waals surface area contributed by atoms with Gasteiger partial charge in [0.2, 0.25) is 0 Å². The monoisotopic (exact) mass is 408 g/mol. The second kappa shape index (κ2) is 7.16. The minimum Gasteiger partial charge on any atom is -0.372 e. The molecule has 3 heterocycles. The first-order valence-corrected chi connectivity index (χ1v) is 10.1. The lowest BCUT2D eigenvalue weighted by molar-refractivity contribution is 0.162. The summed E-state index contributed by atoms with van der Waals surface area (Å²) in [5, 5.41) is 6.47. The third-order valence-corrected chi connectivity index (χ3v) is 6.09. The Morgan fingerprint density at radius 1 is 1.03 bits per heavy atom. The summed E-state index contributed by atoms with van der Waals surface area (Å²) in [5.41, 5.74) is 3.35. The highest BCUT2D eigenvalue weighted by atomic mass is 19.1. The van der Waals surface area contributed by atoms with Crippen LogP contribution in [0, 0.1) is 11.6 Å². The molecule has 154 valence electrons. The quantitative estimate of drug-likeness (QED) is 0.661. The van der Waals surface area contributed by atoms with Crippen molar-refractivity contribution in [3.05, 3.63) is 83.7 Å². The van der Waals surface area contributed by atoms with Crippen molar-refractivity contribution in [1.29, 1.82) is 0 Å². The zero-order valence-corrected chi connectivity index (χ0v) is 16.4. The first-order chi connectivity index (χ1) is 14.5. The molecule has 1 aromatic heterocycles. The summed E-state index contributed by atoms with van der Waals surface area (Å²) in [5.74, 6) is -0.567. The van der Waals surface area contributed by atoms with E-state index in [1.165, 1.54) is 24.3 Å². The van der Waals surface area contributed by atoms with E-state index < -0.39 is 0 Å². The second-order valence-corrected chi connectivity index (χ2v) is 7.90. The molecule has 0 unspecified atom stereocenters. The van der Waals surface area contributed by atoms with Gasteiger partial charge < -0.3 is 20.1 Å². The first-order valence-electron chi connectivity index (χ1n) is 10.1. The molecule has 3 aromatic rings. The van der Waals surface area contributed by atoms with Gasteiger partial charge in [-0.1, -0.05) is 12.1 Å². The van der Waals surface area contributed by atoms with Crippen molar-refractivity contribution in [1.82, 2.24) is 14.8 Å². The van der Waals surface area contributed by atoms with Crippen molar-refractivity contribution in [2.75, 3.05) is 18.4 Å². The van der Waals surface area contributed by atoms with Crippen LogP contribution in [0.3, 0.4) is 0 Å². The smallest absolute Gasteiger partial charge is 0.317 e. The van der Waals surface area contributed by atoms with Crippen molar-refractivity contribution in [3.63, 3.8) is 0 Å². The molecule has 2 N–H and O–H groups in total. The maximum absolute atomic E-state index is 13.8. The van der Waals surface area contributed by atoms with Crippen LogP contribution < -0.4 is 10.6 Å². The summed E-state index contributed by atoms with van der Waals surface area (Å²) in [6, 6.07) is 14.8. The maximum atomic E-state index is 13.8. The number of piperidine rings is 1. The van der Waals surface area contributed by atoms with E-state index in [9.17, 15) is 13.6 Å². The number of amides is 2. The molecule has 0 saturated carbocycles. The molecule has 0 aliphatic carbocycles. The number of carbonyl (C=O) groups excluding carboxylic acids is 1. The van der Waals surface area contributed by atoms with Crippen molar-refractivity contribution in [2.24, 2.45) is 0 Å². The topological polar surface area (TPSA) is 49.3 Å². The second-order valence-electron chi connectivity index (χ2n) is 7.90. The summed E-state index contributed by atoms with van der Waals surface area (Å²) < 4.78 is 29.0. The summed E-state index contributed by atoms with van der Waals surface area (Å²) in [4.78, 5) is 14.4. The number of anilines is 1. The number of carbonyl (C=O) groups is 1. The molecule has 0 atom stereocenters. The fourth-order valence-corrected chi connectivity index (χ4v) is 4.49. The van der Waals surface area contributed by atoms with Crippen LogP contribution in [0.5, 0.6) is 0 Å². The van der Waals surface area contributed by atoms with Crippen molar-refractivity contribution < 1.29 is 13.6 Å². The molecule has 5 nitrogen and oxygen atoms in total. The predicted molar refractivity (Wildman–Crippen MR) is 110 cm³/mol. The number of urea groups is 1. The molecule has 0 radical (unpaired) electrons. The van der Waals surface area contributed by atoms with E-state index in [1.807, 2.05) is 12.3 Å². The van der Waals surface area contributed by atoms with E-state index in [-0.39, 0.29) is 23.2 Å². The first kappa shape index (κ1) is 18.7. The molecule has 2 aliphatic rings. The van der Waals surface area contributed by atoms with Crippen molar-refractivity contribution in [3.8, 4) is 5.69 Å². The molecular weight excluding hydrogens is 386 g/mol. The molecule has 0 bridgehead atoms. The number of rotatable bonds is 2. The average molecular weight is 408 g/mol. The SMILES string of the molecule is O=C(NCc1ccc(F)cc1)N1CCC2(CC1)Nc1cc(F)ccc1-n1cccc12. The lowest BCUT2D eigenvalue weighted by Gasteiger charge is -2.46. The van der Waals surface area contributed by atoms with Gasteiger partial charge in [0.05, 0.1) is 16.9 Å². The van der Waals surface area contributed by atoms with Crippen LogP contribution in [-0.2, 0) is 12.1 Å². The molecule has 7 heteroatoms. The van der Waals surface area contributed by atoms with E-state index in [0.29, 0.717) is 19.6 Å². The lowest BCUT2D eigenvalue weighted by Crippen LogP contribution is -2.52. The number of nitrogens with one attached hydrogen (secondary N) is 2. The van der Waals surface area contributed by atoms with Gasteiger partial charge in [-0.3, -0.25) is 0 Å². The Morgan fingerprint density at radius 2 is 1.77 bits per heavy atom. The number of nitrogens with zero attached hydrogens (tertiary/aromatic N) is 2. The normalized spacial score (nSPS) is 16.5. The van der Waals surface area contributed by atoms with Crippen LogP contribution in [0.4, 0.5) is 19.3 Å². The molecule has 30 heavy (non-hydrogen) atoms. The minimum absolute atomic E-state index is 0.133. The zero-order valence-electron chi connectivity index (χ0n) is 16.4. The highest BCUT2D eigenvalue weighted by Gasteiger charge is 2.42. The van der Waals surface area contributed by atoms with Gasteiger partial charge in [0.25, 0.3) is 0 Å². The number of hydrogen-bond donors (Lipinski definition) is 2. The molecule has 2 aliphatic heterocycles. The predicted octanol–water partition coefficient (Wildman–Crippen LogP) is 4.38. The van der Waals surface area contributed by atoms with Gasteiger partial charge in [-0.15, -0.1) is 0 Å². The fourth-order valence-electron chi connectivity index (χ4n) is 4.49. The van der Waals surface area contributed by atoms with Crippen LogP contribution in [-0.4, -0.2) is 28.6 Å². The van der Waals surface area contributed by atoms with Crippen LogP contribution in [0.15, 0.2) is 60.8 Å². The van der Waals surface area contributed by atoms with Crippen LogP contribution in [0.25, 0.3) is 5.69 Å². The molecule has 2 aromatic carbocycles. The van der Waals surface area contributed by atoms with Gasteiger partial charge in [-0.05, 0) is 60.9 Å². The third-order valence-electron chi connectivity index (χ3n) is 6.09. The Bertz CT molecular complexity index is 1080. The lowest BCUT2D eigenvalue weighted by atomic mass is 9.82. The molecule has 5 rings (SSSR count). The van der Waals surface area contributed by atoms with Crippen LogP contribution >= 0.6 is 0 Å².